The summed E-state index contributed by atoms with van der Waals surface area (Å²) in [5.41, 5.74) is 1.16. The summed E-state index contributed by atoms with van der Waals surface area (Å²) in [7, 11) is -3.34. The Balaban J connectivity index is 2.11. The van der Waals surface area contributed by atoms with Crippen LogP contribution in [-0.2, 0) is 10.0 Å². The Labute approximate surface area is 170 Å². The van der Waals surface area contributed by atoms with Crippen molar-refractivity contribution in [2.24, 2.45) is 5.10 Å². The molecule has 0 saturated heterocycles. The lowest BCUT2D eigenvalue weighted by atomic mass is 10.2. The van der Waals surface area contributed by atoms with Gasteiger partial charge in [0.05, 0.1) is 27.9 Å². The molecule has 10 heteroatoms. The minimum atomic E-state index is -3.34. The van der Waals surface area contributed by atoms with E-state index in [4.69, 9.17) is 23.2 Å². The fraction of sp³-hybridized carbons (Fsp3) is 0.471. The van der Waals surface area contributed by atoms with Gasteiger partial charge in [0.1, 0.15) is 0 Å². The van der Waals surface area contributed by atoms with Gasteiger partial charge >= 0.3 is 0 Å². The van der Waals surface area contributed by atoms with E-state index in [1.54, 1.807) is 44.3 Å². The summed E-state index contributed by atoms with van der Waals surface area (Å²) in [6.45, 7) is 6.35. The summed E-state index contributed by atoms with van der Waals surface area (Å²) in [4.78, 5) is 1.85. The second-order valence-corrected chi connectivity index (χ2v) is 9.41. The molecule has 1 aliphatic rings. The average Bonchev–Trinajstić information content (AvgIpc) is 2.61. The molecule has 0 bridgehead atoms. The molecule has 1 unspecified atom stereocenters. The van der Waals surface area contributed by atoms with Gasteiger partial charge in [0.2, 0.25) is 10.0 Å². The number of hydrazone groups is 1. The molecule has 1 aromatic rings. The van der Waals surface area contributed by atoms with Crippen molar-refractivity contribution in [3.8, 4) is 0 Å². The predicted octanol–water partition coefficient (Wildman–Crippen LogP) is 2.56. The first-order chi connectivity index (χ1) is 12.7. The Bertz CT molecular complexity index is 827. The zero-order valence-electron chi connectivity index (χ0n) is 15.4. The maximum Gasteiger partial charge on any atom is 0.213 e. The quantitative estimate of drug-likeness (QED) is 0.656. The molecule has 0 aliphatic carbocycles. The summed E-state index contributed by atoms with van der Waals surface area (Å²) in [6.07, 6.45) is 0.391. The monoisotopic (exact) mass is 434 g/mol. The number of hydrogen-bond acceptors (Lipinski definition) is 6. The average molecular weight is 435 g/mol. The van der Waals surface area contributed by atoms with Crippen LogP contribution in [0, 0.1) is 0 Å². The van der Waals surface area contributed by atoms with Gasteiger partial charge in [-0.1, -0.05) is 29.3 Å². The summed E-state index contributed by atoms with van der Waals surface area (Å²) in [5.74, 6) is 0. The van der Waals surface area contributed by atoms with Crippen molar-refractivity contribution in [2.75, 3.05) is 24.6 Å². The molecule has 0 fully saturated rings. The number of anilines is 1. The van der Waals surface area contributed by atoms with Crippen molar-refractivity contribution in [3.05, 3.63) is 40.0 Å². The van der Waals surface area contributed by atoms with Crippen LogP contribution in [0.3, 0.4) is 0 Å². The molecule has 0 amide bonds. The number of nitrogens with one attached hydrogen (secondary N) is 1. The molecule has 0 radical (unpaired) electrons. The predicted molar refractivity (Wildman–Crippen MR) is 111 cm³/mol. The number of nitrogens with zero attached hydrogens (tertiary/aromatic N) is 3. The van der Waals surface area contributed by atoms with Gasteiger partial charge in [-0.3, -0.25) is 0 Å². The third-order valence-electron chi connectivity index (χ3n) is 4.11. The number of halogens is 2. The van der Waals surface area contributed by atoms with Gasteiger partial charge in [-0.05, 0) is 39.0 Å². The van der Waals surface area contributed by atoms with Crippen LogP contribution in [0.25, 0.3) is 0 Å². The zero-order valence-corrected chi connectivity index (χ0v) is 17.8. The Kier molecular flexibility index (Phi) is 7.53. The van der Waals surface area contributed by atoms with E-state index in [-0.39, 0.29) is 11.6 Å². The number of likely N-dealkylation sites (N-methyl/N-ethyl adjacent to an activating group) is 1. The summed E-state index contributed by atoms with van der Waals surface area (Å²) in [5, 5.41) is 16.4. The first-order valence-corrected chi connectivity index (χ1v) is 10.9. The van der Waals surface area contributed by atoms with E-state index in [9.17, 15) is 13.5 Å². The number of aliphatic hydroxyl groups is 1. The zero-order chi connectivity index (χ0) is 20.2. The summed E-state index contributed by atoms with van der Waals surface area (Å²) < 4.78 is 26.3. The molecule has 2 rings (SSSR count). The lowest BCUT2D eigenvalue weighted by Gasteiger charge is -2.33. The molecule has 2 N–H and O–H groups in total. The van der Waals surface area contributed by atoms with Crippen LogP contribution < -0.4 is 9.73 Å². The Hall–Kier alpha value is -1.32. The van der Waals surface area contributed by atoms with E-state index in [1.165, 1.54) is 5.01 Å². The fourth-order valence-electron chi connectivity index (χ4n) is 2.48. The minimum Gasteiger partial charge on any atom is -0.368 e. The lowest BCUT2D eigenvalue weighted by Crippen LogP contribution is -2.41. The van der Waals surface area contributed by atoms with Gasteiger partial charge < -0.3 is 10.0 Å². The highest BCUT2D eigenvalue weighted by molar-refractivity contribution is 7.90. The van der Waals surface area contributed by atoms with E-state index in [1.807, 2.05) is 11.8 Å². The third-order valence-corrected chi connectivity index (χ3v) is 6.58. The maximum atomic E-state index is 11.9. The Morgan fingerprint density at radius 1 is 1.37 bits per heavy atom. The van der Waals surface area contributed by atoms with Gasteiger partial charge in [0.15, 0.2) is 6.23 Å². The number of sulfonamides is 1. The standard InChI is InChI=1S/C17H24Cl2N4O3S/c1-4-22(9-8-21-27(25,26)12(2)3)15-11-20-23(17(24)16(15)19)14-7-5-6-13(18)10-14/h5-7,10-12,17,21,24H,4,8-9H2,1-3H3. The number of rotatable bonds is 8. The van der Waals surface area contributed by atoms with Gasteiger partial charge in [-0.15, -0.1) is 0 Å². The van der Waals surface area contributed by atoms with Gasteiger partial charge in [0.25, 0.3) is 0 Å². The molecule has 27 heavy (non-hydrogen) atoms. The van der Waals surface area contributed by atoms with Crippen molar-refractivity contribution in [1.82, 2.24) is 9.62 Å². The summed E-state index contributed by atoms with van der Waals surface area (Å²) in [6, 6.07) is 6.92. The smallest absolute Gasteiger partial charge is 0.213 e. The van der Waals surface area contributed by atoms with E-state index in [2.05, 4.69) is 9.82 Å². The van der Waals surface area contributed by atoms with Crippen LogP contribution in [0.4, 0.5) is 5.69 Å². The highest BCUT2D eigenvalue weighted by Crippen LogP contribution is 2.29. The first-order valence-electron chi connectivity index (χ1n) is 8.57. The number of allylic oxidation sites excluding steroid dienone is 1. The highest BCUT2D eigenvalue weighted by atomic mass is 35.5. The van der Waals surface area contributed by atoms with Crippen LogP contribution >= 0.6 is 23.2 Å². The van der Waals surface area contributed by atoms with E-state index >= 15 is 0 Å². The number of benzene rings is 1. The van der Waals surface area contributed by atoms with Gasteiger partial charge in [0, 0.05) is 24.7 Å². The van der Waals surface area contributed by atoms with Crippen LogP contribution in [0.15, 0.2) is 40.1 Å². The Morgan fingerprint density at radius 3 is 2.67 bits per heavy atom. The molecule has 1 atom stereocenters. The molecular weight excluding hydrogens is 411 g/mol. The lowest BCUT2D eigenvalue weighted by molar-refractivity contribution is 0.206. The molecular formula is C17H24Cl2N4O3S. The minimum absolute atomic E-state index is 0.207. The van der Waals surface area contributed by atoms with E-state index < -0.39 is 21.5 Å². The fourth-order valence-corrected chi connectivity index (χ4v) is 3.63. The molecule has 7 nitrogen and oxygen atoms in total. The molecule has 150 valence electrons. The molecule has 1 aliphatic heterocycles. The van der Waals surface area contributed by atoms with Crippen molar-refractivity contribution in [3.63, 3.8) is 0 Å². The molecule has 0 spiro atoms. The second kappa shape index (κ2) is 9.25. The number of hydrogen-bond donors (Lipinski definition) is 2. The molecule has 1 aromatic carbocycles. The second-order valence-electron chi connectivity index (χ2n) is 6.24. The Morgan fingerprint density at radius 2 is 2.07 bits per heavy atom. The van der Waals surface area contributed by atoms with Crippen molar-refractivity contribution < 1.29 is 13.5 Å². The van der Waals surface area contributed by atoms with E-state index in [0.29, 0.717) is 29.5 Å². The SMILES string of the molecule is CCN(CCNS(=O)(=O)C(C)C)C1=C(Cl)C(O)N(c2cccc(Cl)c2)N=C1. The normalized spacial score (nSPS) is 17.7. The summed E-state index contributed by atoms with van der Waals surface area (Å²) >= 11 is 12.4. The maximum absolute atomic E-state index is 11.9. The molecule has 0 aromatic heterocycles. The largest absolute Gasteiger partial charge is 0.368 e. The van der Waals surface area contributed by atoms with E-state index in [0.717, 1.165) is 0 Å². The van der Waals surface area contributed by atoms with Crippen LogP contribution in [-0.4, -0.2) is 55.8 Å². The van der Waals surface area contributed by atoms with Crippen molar-refractivity contribution in [2.45, 2.75) is 32.2 Å². The molecule has 1 heterocycles. The van der Waals surface area contributed by atoms with Gasteiger partial charge in [-0.25, -0.2) is 18.1 Å². The van der Waals surface area contributed by atoms with Gasteiger partial charge in [-0.2, -0.15) is 5.10 Å². The number of aliphatic hydroxyl groups excluding tert-OH is 1. The third kappa shape index (κ3) is 5.36. The van der Waals surface area contributed by atoms with Crippen LogP contribution in [0.5, 0.6) is 0 Å². The highest BCUT2D eigenvalue weighted by Gasteiger charge is 2.28. The van der Waals surface area contributed by atoms with Crippen molar-refractivity contribution in [1.29, 1.82) is 0 Å². The van der Waals surface area contributed by atoms with Crippen molar-refractivity contribution >= 4 is 45.1 Å². The molecule has 0 saturated carbocycles. The van der Waals surface area contributed by atoms with Crippen LogP contribution in [0.2, 0.25) is 5.02 Å². The first kappa shape index (κ1) is 22.0. The topological polar surface area (TPSA) is 85.2 Å². The van der Waals surface area contributed by atoms with Crippen LogP contribution in [0.1, 0.15) is 20.8 Å².